The van der Waals surface area contributed by atoms with Gasteiger partial charge >= 0.3 is 0 Å². The largest absolute Gasteiger partial charge is 0.396 e. The van der Waals surface area contributed by atoms with Crippen molar-refractivity contribution in [3.8, 4) is 0 Å². The van der Waals surface area contributed by atoms with Crippen LogP contribution in [0.5, 0.6) is 0 Å². The van der Waals surface area contributed by atoms with E-state index in [2.05, 4.69) is 15.0 Å². The van der Waals surface area contributed by atoms with Crippen LogP contribution in [0.15, 0.2) is 18.9 Å². The number of fused-ring (bicyclic) bond motifs is 1. The van der Waals surface area contributed by atoms with Crippen LogP contribution in [0.1, 0.15) is 18.9 Å². The maximum Gasteiger partial charge on any atom is 0.163 e. The van der Waals surface area contributed by atoms with Crippen LogP contribution in [0.2, 0.25) is 0 Å². The van der Waals surface area contributed by atoms with Gasteiger partial charge in [-0.15, -0.1) is 0 Å². The van der Waals surface area contributed by atoms with Crippen molar-refractivity contribution >= 4 is 11.2 Å². The first-order valence-corrected chi connectivity index (χ1v) is 5.21. The van der Waals surface area contributed by atoms with Crippen molar-refractivity contribution in [2.24, 2.45) is 0 Å². The van der Waals surface area contributed by atoms with Gasteiger partial charge in [-0.05, 0) is 12.8 Å². The summed E-state index contributed by atoms with van der Waals surface area (Å²) in [5, 5.41) is 18.0. The Labute approximate surface area is 92.6 Å². The topological polar surface area (TPSA) is 84.1 Å². The van der Waals surface area contributed by atoms with Crippen LogP contribution in [-0.4, -0.2) is 42.9 Å². The summed E-state index contributed by atoms with van der Waals surface area (Å²) in [4.78, 5) is 12.2. The number of rotatable bonds is 5. The van der Waals surface area contributed by atoms with Crippen LogP contribution >= 0.6 is 0 Å². The van der Waals surface area contributed by atoms with E-state index in [4.69, 9.17) is 10.2 Å². The van der Waals surface area contributed by atoms with E-state index in [-0.39, 0.29) is 19.3 Å². The van der Waals surface area contributed by atoms with Gasteiger partial charge in [0.05, 0.1) is 12.5 Å². The zero-order chi connectivity index (χ0) is 11.4. The molecule has 6 nitrogen and oxygen atoms in total. The minimum atomic E-state index is 0.0231. The van der Waals surface area contributed by atoms with Crippen LogP contribution in [0.3, 0.4) is 0 Å². The molecule has 2 aromatic heterocycles. The first kappa shape index (κ1) is 11.0. The van der Waals surface area contributed by atoms with Crippen LogP contribution in [-0.2, 0) is 0 Å². The van der Waals surface area contributed by atoms with Crippen molar-refractivity contribution in [3.63, 3.8) is 0 Å². The van der Waals surface area contributed by atoms with Crippen LogP contribution in [0, 0.1) is 0 Å². The lowest BCUT2D eigenvalue weighted by Gasteiger charge is -2.16. The smallest absolute Gasteiger partial charge is 0.163 e. The van der Waals surface area contributed by atoms with Gasteiger partial charge < -0.3 is 14.8 Å². The predicted molar refractivity (Wildman–Crippen MR) is 57.8 cm³/mol. The molecule has 0 radical (unpaired) electrons. The third-order valence-corrected chi connectivity index (χ3v) is 2.56. The number of nitrogens with zero attached hydrogens (tertiary/aromatic N) is 4. The summed E-state index contributed by atoms with van der Waals surface area (Å²) in [7, 11) is 0. The van der Waals surface area contributed by atoms with E-state index in [1.165, 1.54) is 6.33 Å². The third-order valence-electron chi connectivity index (χ3n) is 2.56. The van der Waals surface area contributed by atoms with Gasteiger partial charge in [0.1, 0.15) is 11.8 Å². The first-order valence-electron chi connectivity index (χ1n) is 5.21. The van der Waals surface area contributed by atoms with Gasteiger partial charge in [-0.25, -0.2) is 15.0 Å². The molecule has 2 N–H and O–H groups in total. The number of hydrogen-bond donors (Lipinski definition) is 2. The second kappa shape index (κ2) is 5.00. The molecule has 16 heavy (non-hydrogen) atoms. The Bertz CT molecular complexity index is 451. The Kier molecular flexibility index (Phi) is 3.43. The molecule has 0 saturated heterocycles. The van der Waals surface area contributed by atoms with Gasteiger partial charge in [-0.2, -0.15) is 0 Å². The number of imidazole rings is 1. The standard InChI is InChI=1S/C10H14N4O2/c15-3-1-8(2-4-16)14-7-13-9-5-11-6-12-10(9)14/h5-8,15-16H,1-4H2. The highest BCUT2D eigenvalue weighted by atomic mass is 16.3. The molecule has 6 heteroatoms. The molecule has 86 valence electrons. The van der Waals surface area contributed by atoms with Crippen molar-refractivity contribution in [2.75, 3.05) is 13.2 Å². The summed E-state index contributed by atoms with van der Waals surface area (Å²) in [6, 6.07) is 0.0231. The van der Waals surface area contributed by atoms with Crippen molar-refractivity contribution < 1.29 is 10.2 Å². The molecule has 0 aliphatic carbocycles. The van der Waals surface area contributed by atoms with E-state index in [1.54, 1.807) is 12.5 Å². The zero-order valence-corrected chi connectivity index (χ0v) is 8.82. The molecule has 0 saturated carbocycles. The zero-order valence-electron chi connectivity index (χ0n) is 8.82. The number of aliphatic hydroxyl groups excluding tert-OH is 2. The van der Waals surface area contributed by atoms with Crippen molar-refractivity contribution in [2.45, 2.75) is 18.9 Å². The fourth-order valence-electron chi connectivity index (χ4n) is 1.77. The van der Waals surface area contributed by atoms with E-state index in [9.17, 15) is 0 Å². The maximum atomic E-state index is 8.99. The molecule has 0 unspecified atom stereocenters. The molecule has 2 rings (SSSR count). The summed E-state index contributed by atoms with van der Waals surface area (Å²) >= 11 is 0. The van der Waals surface area contributed by atoms with Gasteiger partial charge in [-0.1, -0.05) is 0 Å². The molecule has 0 bridgehead atoms. The Morgan fingerprint density at radius 3 is 2.62 bits per heavy atom. The van der Waals surface area contributed by atoms with Gasteiger partial charge in [0.25, 0.3) is 0 Å². The minimum Gasteiger partial charge on any atom is -0.396 e. The Morgan fingerprint density at radius 2 is 1.94 bits per heavy atom. The lowest BCUT2D eigenvalue weighted by molar-refractivity contribution is 0.218. The normalized spacial score (nSPS) is 11.4. The van der Waals surface area contributed by atoms with Crippen LogP contribution in [0.25, 0.3) is 11.2 Å². The minimum absolute atomic E-state index is 0.0231. The van der Waals surface area contributed by atoms with Crippen molar-refractivity contribution in [3.05, 3.63) is 18.9 Å². The second-order valence-corrected chi connectivity index (χ2v) is 3.56. The summed E-state index contributed by atoms with van der Waals surface area (Å²) in [5.74, 6) is 0. The fourth-order valence-corrected chi connectivity index (χ4v) is 1.77. The average Bonchev–Trinajstić information content (AvgIpc) is 2.72. The molecule has 0 spiro atoms. The summed E-state index contributed by atoms with van der Waals surface area (Å²) in [6.07, 6.45) is 5.95. The Morgan fingerprint density at radius 1 is 1.19 bits per heavy atom. The Balaban J connectivity index is 2.36. The third kappa shape index (κ3) is 2.02. The molecule has 0 aromatic carbocycles. The van der Waals surface area contributed by atoms with E-state index >= 15 is 0 Å². The fraction of sp³-hybridized carbons (Fsp3) is 0.500. The monoisotopic (exact) mass is 222 g/mol. The highest BCUT2D eigenvalue weighted by molar-refractivity contribution is 5.68. The van der Waals surface area contributed by atoms with E-state index in [0.717, 1.165) is 11.2 Å². The Hall–Kier alpha value is -1.53. The lowest BCUT2D eigenvalue weighted by atomic mass is 10.1. The molecule has 2 aromatic rings. The van der Waals surface area contributed by atoms with Crippen molar-refractivity contribution in [1.29, 1.82) is 0 Å². The highest BCUT2D eigenvalue weighted by Crippen LogP contribution is 2.20. The number of aliphatic hydroxyl groups is 2. The first-order chi connectivity index (χ1) is 7.86. The van der Waals surface area contributed by atoms with Gasteiger partial charge in [0.15, 0.2) is 5.65 Å². The molecule has 0 amide bonds. The number of aromatic nitrogens is 4. The van der Waals surface area contributed by atoms with Crippen molar-refractivity contribution in [1.82, 2.24) is 19.5 Å². The van der Waals surface area contributed by atoms with Gasteiger partial charge in [0, 0.05) is 19.3 Å². The molecule has 2 heterocycles. The summed E-state index contributed by atoms with van der Waals surface area (Å²) in [5.41, 5.74) is 1.46. The maximum absolute atomic E-state index is 8.99. The molecule has 0 aliphatic heterocycles. The summed E-state index contributed by atoms with van der Waals surface area (Å²) < 4.78 is 1.88. The average molecular weight is 222 g/mol. The van der Waals surface area contributed by atoms with Gasteiger partial charge in [-0.3, -0.25) is 0 Å². The highest BCUT2D eigenvalue weighted by Gasteiger charge is 2.13. The number of hydrogen-bond acceptors (Lipinski definition) is 5. The van der Waals surface area contributed by atoms with E-state index < -0.39 is 0 Å². The van der Waals surface area contributed by atoms with E-state index in [1.807, 2.05) is 4.57 Å². The van der Waals surface area contributed by atoms with E-state index in [0.29, 0.717) is 12.8 Å². The molecule has 0 fully saturated rings. The summed E-state index contributed by atoms with van der Waals surface area (Å²) in [6.45, 7) is 0.158. The quantitative estimate of drug-likeness (QED) is 0.751. The van der Waals surface area contributed by atoms with Crippen LogP contribution < -0.4 is 0 Å². The molecular formula is C10H14N4O2. The lowest BCUT2D eigenvalue weighted by Crippen LogP contribution is -2.12. The second-order valence-electron chi connectivity index (χ2n) is 3.56. The SMILES string of the molecule is OCCC(CCO)n1cnc2cncnc21. The molecular weight excluding hydrogens is 208 g/mol. The van der Waals surface area contributed by atoms with Gasteiger partial charge in [0.2, 0.25) is 0 Å². The van der Waals surface area contributed by atoms with Crippen LogP contribution in [0.4, 0.5) is 0 Å². The molecule has 0 aliphatic rings. The molecule has 0 atom stereocenters. The predicted octanol–water partition coefficient (Wildman–Crippen LogP) is 0.132.